The maximum absolute atomic E-state index is 7.15. The number of allylic oxidation sites excluding steroid dienone is 3. The highest BCUT2D eigenvalue weighted by Gasteiger charge is 1.71. The Kier molecular flexibility index (Phi) is 0.823. The first-order chi connectivity index (χ1) is 4.29. The molecule has 1 nitrogen and oxygen atoms in total. The van der Waals surface area contributed by atoms with Crippen molar-refractivity contribution in [3.8, 4) is 0 Å². The fourth-order valence-corrected chi connectivity index (χ4v) is 0.357. The van der Waals surface area contributed by atoms with Gasteiger partial charge in [0, 0.05) is 18.8 Å². The fourth-order valence-electron chi connectivity index (χ4n) is 0.357. The van der Waals surface area contributed by atoms with Gasteiger partial charge in [-0.15, -0.1) is 0 Å². The number of aliphatic imine (C=N–C) groups is 1. The third kappa shape index (κ3) is 1.35. The summed E-state index contributed by atoms with van der Waals surface area (Å²) in [5.74, 6) is 0. The topological polar surface area (TPSA) is 12.4 Å². The maximum Gasteiger partial charge on any atom is 0.0795 e. The molecule has 7 heavy (non-hydrogen) atoms. The van der Waals surface area contributed by atoms with E-state index in [1.807, 2.05) is 0 Å². The highest BCUT2D eigenvalue weighted by Crippen LogP contribution is 1.86. The Morgan fingerprint density at radius 1 is 1.57 bits per heavy atom. The number of nitrogens with zero attached hydrogens (tertiary/aromatic N) is 1. The van der Waals surface area contributed by atoms with Gasteiger partial charge in [-0.05, 0) is 6.08 Å². The molecule has 0 bridgehead atoms. The Morgan fingerprint density at radius 3 is 3.57 bits per heavy atom. The molecule has 0 radical (unpaired) electrons. The van der Waals surface area contributed by atoms with Crippen LogP contribution in [0.15, 0.2) is 29.4 Å². The molecule has 1 rings (SSSR count). The highest BCUT2D eigenvalue weighted by molar-refractivity contribution is 5.61. The molecule has 0 unspecified atom stereocenters. The van der Waals surface area contributed by atoms with Gasteiger partial charge in [0.25, 0.3) is 0 Å². The van der Waals surface area contributed by atoms with Crippen LogP contribution in [-0.2, 0) is 0 Å². The zero-order valence-corrected chi connectivity index (χ0v) is 3.89. The van der Waals surface area contributed by atoms with Crippen molar-refractivity contribution in [1.29, 1.82) is 0 Å². The lowest BCUT2D eigenvalue weighted by Gasteiger charge is -1.68. The summed E-state index contributed by atoms with van der Waals surface area (Å²) < 4.78 is 14.2. The van der Waals surface area contributed by atoms with Crippen LogP contribution in [0.1, 0.15) is 9.16 Å². The van der Waals surface area contributed by atoms with Crippen molar-refractivity contribution < 1.29 is 2.74 Å². The van der Waals surface area contributed by atoms with Crippen molar-refractivity contribution >= 4 is 6.19 Å². The molecule has 0 N–H and O–H groups in total. The lowest BCUT2D eigenvalue weighted by molar-refractivity contribution is 1.50. The van der Waals surface area contributed by atoms with Gasteiger partial charge in [-0.1, -0.05) is 12.1 Å². The summed E-state index contributed by atoms with van der Waals surface area (Å²) >= 11 is 0. The van der Waals surface area contributed by atoms with Crippen molar-refractivity contribution in [3.63, 3.8) is 0 Å². The summed E-state index contributed by atoms with van der Waals surface area (Å²) in [5, 5.41) is 0. The molecule has 1 heteroatoms. The lowest BCUT2D eigenvalue weighted by Crippen LogP contribution is -1.61. The van der Waals surface area contributed by atoms with Crippen molar-refractivity contribution in [2.45, 2.75) is 6.42 Å². The van der Waals surface area contributed by atoms with Crippen LogP contribution in [-0.4, -0.2) is 6.19 Å². The lowest BCUT2D eigenvalue weighted by atomic mass is 10.4. The van der Waals surface area contributed by atoms with Crippen LogP contribution in [0.2, 0.25) is 0 Å². The number of hydrogen-bond acceptors (Lipinski definition) is 1. The second-order valence-electron chi connectivity index (χ2n) is 1.18. The molecule has 0 aliphatic carbocycles. The Morgan fingerprint density at radius 2 is 2.57 bits per heavy atom. The molecular formula is C6H7N. The van der Waals surface area contributed by atoms with E-state index >= 15 is 0 Å². The Balaban J connectivity index is 2.77. The second-order valence-corrected chi connectivity index (χ2v) is 1.18. The smallest absolute Gasteiger partial charge is 0.0795 e. The van der Waals surface area contributed by atoms with Crippen molar-refractivity contribution in [2.24, 2.45) is 4.99 Å². The Bertz CT molecular complexity index is 171. The van der Waals surface area contributed by atoms with E-state index in [4.69, 9.17) is 2.74 Å². The van der Waals surface area contributed by atoms with Crippen LogP contribution in [0.5, 0.6) is 0 Å². The number of hydrogen-bond donors (Lipinski definition) is 0. The van der Waals surface area contributed by atoms with Crippen LogP contribution in [0, 0.1) is 0 Å². The predicted octanol–water partition coefficient (Wildman–Crippen LogP) is 1.53. The SMILES string of the molecule is [2H]C1=CC=CN=C([2H])C1. The van der Waals surface area contributed by atoms with Crippen molar-refractivity contribution in [1.82, 2.24) is 0 Å². The van der Waals surface area contributed by atoms with Crippen LogP contribution >= 0.6 is 0 Å². The summed E-state index contributed by atoms with van der Waals surface area (Å²) in [6.45, 7) is 0. The average molecular weight is 95.1 g/mol. The third-order valence-corrected chi connectivity index (χ3v) is 0.647. The third-order valence-electron chi connectivity index (χ3n) is 0.647. The monoisotopic (exact) mass is 95.1 g/mol. The van der Waals surface area contributed by atoms with E-state index in [0.29, 0.717) is 12.5 Å². The van der Waals surface area contributed by atoms with Gasteiger partial charge in [0.05, 0.1) is 2.74 Å². The fraction of sp³-hybridized carbons (Fsp3) is 0.167. The standard InChI is InChI=1S/C6H7N/c1-2-4-6-7-5-3-1/h1-3,5-6H,4H2/i2D,6D. The predicted molar refractivity (Wildman–Crippen MR) is 31.4 cm³/mol. The zero-order valence-electron chi connectivity index (χ0n) is 5.89. The molecule has 0 aromatic rings. The van der Waals surface area contributed by atoms with Crippen LogP contribution in [0.3, 0.4) is 0 Å². The molecule has 0 fully saturated rings. The quantitative estimate of drug-likeness (QED) is 0.432. The molecule has 0 spiro atoms. The van der Waals surface area contributed by atoms with E-state index in [2.05, 4.69) is 4.99 Å². The Hall–Kier alpha value is -0.850. The maximum atomic E-state index is 7.15. The Labute approximate surface area is 45.9 Å². The first kappa shape index (κ1) is 2.46. The summed E-state index contributed by atoms with van der Waals surface area (Å²) in [6, 6.07) is 0.442. The van der Waals surface area contributed by atoms with Crippen LogP contribution in [0.25, 0.3) is 0 Å². The van der Waals surface area contributed by atoms with E-state index in [0.717, 1.165) is 0 Å². The van der Waals surface area contributed by atoms with Gasteiger partial charge in [0.15, 0.2) is 0 Å². The van der Waals surface area contributed by atoms with Gasteiger partial charge in [-0.25, -0.2) is 0 Å². The molecule has 1 aliphatic heterocycles. The van der Waals surface area contributed by atoms with E-state index in [1.165, 1.54) is 6.20 Å². The van der Waals surface area contributed by atoms with E-state index in [-0.39, 0.29) is 6.19 Å². The summed E-state index contributed by atoms with van der Waals surface area (Å²) in [7, 11) is 0. The molecule has 1 heterocycles. The minimum Gasteiger partial charge on any atom is -0.269 e. The van der Waals surface area contributed by atoms with E-state index in [1.54, 1.807) is 12.2 Å². The first-order valence-electron chi connectivity index (χ1n) is 3.14. The van der Waals surface area contributed by atoms with Crippen LogP contribution in [0.4, 0.5) is 0 Å². The number of rotatable bonds is 0. The zero-order chi connectivity index (χ0) is 6.69. The molecule has 0 aromatic carbocycles. The van der Waals surface area contributed by atoms with E-state index < -0.39 is 0 Å². The second kappa shape index (κ2) is 2.35. The van der Waals surface area contributed by atoms with Gasteiger partial charge in [-0.3, -0.25) is 4.99 Å². The molecule has 0 atom stereocenters. The molecule has 0 aromatic heterocycles. The van der Waals surface area contributed by atoms with Gasteiger partial charge in [0.1, 0.15) is 0 Å². The van der Waals surface area contributed by atoms with E-state index in [9.17, 15) is 0 Å². The van der Waals surface area contributed by atoms with Gasteiger partial charge in [0.2, 0.25) is 0 Å². The molecule has 1 aliphatic rings. The molecule has 0 saturated carbocycles. The van der Waals surface area contributed by atoms with Crippen LogP contribution < -0.4 is 0 Å². The normalized spacial score (nSPS) is 24.0. The highest BCUT2D eigenvalue weighted by atomic mass is 14.7. The summed E-state index contributed by atoms with van der Waals surface area (Å²) in [6.07, 6.45) is 5.45. The summed E-state index contributed by atoms with van der Waals surface area (Å²) in [4.78, 5) is 3.70. The average Bonchev–Trinajstić information content (AvgIpc) is 1.93. The van der Waals surface area contributed by atoms with Crippen molar-refractivity contribution in [3.05, 3.63) is 24.4 Å². The largest absolute Gasteiger partial charge is 0.269 e. The van der Waals surface area contributed by atoms with Gasteiger partial charge < -0.3 is 0 Å². The molecule has 0 amide bonds. The van der Waals surface area contributed by atoms with Crippen molar-refractivity contribution in [2.75, 3.05) is 0 Å². The van der Waals surface area contributed by atoms with Gasteiger partial charge >= 0.3 is 0 Å². The molecular weight excluding hydrogens is 86.1 g/mol. The molecule has 36 valence electrons. The summed E-state index contributed by atoms with van der Waals surface area (Å²) in [5.41, 5.74) is 0. The molecule has 0 saturated heterocycles. The van der Waals surface area contributed by atoms with Gasteiger partial charge in [-0.2, -0.15) is 0 Å². The minimum absolute atomic E-state index is 0.255. The minimum atomic E-state index is 0.255. The first-order valence-corrected chi connectivity index (χ1v) is 2.14.